The lowest BCUT2D eigenvalue weighted by molar-refractivity contribution is 0.299. The van der Waals surface area contributed by atoms with Crippen molar-refractivity contribution in [3.8, 4) is 0 Å². The van der Waals surface area contributed by atoms with Gasteiger partial charge in [-0.3, -0.25) is 0 Å². The number of hydrogen-bond donors (Lipinski definition) is 0. The number of halogens is 1. The Morgan fingerprint density at radius 3 is 2.31 bits per heavy atom. The Kier molecular flexibility index (Phi) is 7.35. The minimum atomic E-state index is 0.535. The van der Waals surface area contributed by atoms with Crippen molar-refractivity contribution in [2.75, 3.05) is 0 Å². The van der Waals surface area contributed by atoms with Crippen LogP contribution in [0.5, 0.6) is 0 Å². The third-order valence-electron chi connectivity index (χ3n) is 7.00. The molecule has 2 nitrogen and oxygen atoms in total. The molecule has 4 rings (SSSR count). The number of nitrogens with zero attached hydrogens (tertiary/aromatic N) is 2. The van der Waals surface area contributed by atoms with E-state index in [-0.39, 0.29) is 0 Å². The van der Waals surface area contributed by atoms with Crippen LogP contribution in [0.4, 0.5) is 0 Å². The van der Waals surface area contributed by atoms with Crippen molar-refractivity contribution in [2.24, 2.45) is 5.92 Å². The first kappa shape index (κ1) is 21.8. The van der Waals surface area contributed by atoms with Crippen LogP contribution in [0.1, 0.15) is 128 Å². The highest BCUT2D eigenvalue weighted by molar-refractivity contribution is 7.12. The summed E-state index contributed by atoms with van der Waals surface area (Å²) in [5, 5.41) is 3.38. The Morgan fingerprint density at radius 1 is 0.931 bits per heavy atom. The highest BCUT2D eigenvalue weighted by Crippen LogP contribution is 2.44. The number of thiazole rings is 2. The zero-order valence-corrected chi connectivity index (χ0v) is 20.5. The third-order valence-corrected chi connectivity index (χ3v) is 10.3. The smallest absolute Gasteiger partial charge is 0.143 e. The molecule has 0 spiro atoms. The van der Waals surface area contributed by atoms with Crippen molar-refractivity contribution in [3.63, 3.8) is 0 Å². The van der Waals surface area contributed by atoms with Gasteiger partial charge in [0.25, 0.3) is 0 Å². The molecule has 0 aliphatic heterocycles. The predicted molar refractivity (Wildman–Crippen MR) is 127 cm³/mol. The minimum absolute atomic E-state index is 0.535. The highest BCUT2D eigenvalue weighted by Gasteiger charge is 2.28. The van der Waals surface area contributed by atoms with Gasteiger partial charge in [0, 0.05) is 27.8 Å². The van der Waals surface area contributed by atoms with Gasteiger partial charge in [-0.1, -0.05) is 51.6 Å². The quantitative estimate of drug-likeness (QED) is 0.438. The van der Waals surface area contributed by atoms with E-state index in [0.717, 1.165) is 17.0 Å². The first-order valence-corrected chi connectivity index (χ1v) is 13.6. The van der Waals surface area contributed by atoms with Crippen molar-refractivity contribution in [1.29, 1.82) is 0 Å². The fraction of sp³-hybridized carbons (Fsp3) is 0.750. The molecule has 2 aromatic heterocycles. The maximum absolute atomic E-state index is 6.57. The van der Waals surface area contributed by atoms with Gasteiger partial charge in [-0.15, -0.1) is 22.7 Å². The summed E-state index contributed by atoms with van der Waals surface area (Å²) in [6.07, 6.45) is 15.4. The molecule has 160 valence electrons. The maximum atomic E-state index is 6.57. The van der Waals surface area contributed by atoms with Crippen LogP contribution >= 0.6 is 34.3 Å². The summed E-state index contributed by atoms with van der Waals surface area (Å²) in [4.78, 5) is 12.4. The topological polar surface area (TPSA) is 25.8 Å². The minimum Gasteiger partial charge on any atom is -0.249 e. The Morgan fingerprint density at radius 2 is 1.66 bits per heavy atom. The Labute approximate surface area is 189 Å². The van der Waals surface area contributed by atoms with E-state index in [0.29, 0.717) is 17.8 Å². The third kappa shape index (κ3) is 5.25. The average molecular weight is 451 g/mol. The van der Waals surface area contributed by atoms with Crippen molar-refractivity contribution in [1.82, 2.24) is 9.97 Å². The Hall–Kier alpha value is -0.450. The van der Waals surface area contributed by atoms with Crippen LogP contribution < -0.4 is 0 Å². The standard InChI is InChI=1S/C24H35ClN2S2/c1-15(2)23-26-14-20(28-23)18-11-9-17(10-12-18)13-16(3)24-27-22(25)21(29-24)19-7-5-4-6-8-19/h14-19H,4-13H2,1-3H3. The fourth-order valence-corrected chi connectivity index (χ4v) is 7.89. The molecule has 0 aromatic carbocycles. The molecular formula is C24H35ClN2S2. The van der Waals surface area contributed by atoms with Crippen LogP contribution in [-0.2, 0) is 0 Å². The van der Waals surface area contributed by atoms with E-state index in [1.54, 1.807) is 0 Å². The molecule has 0 saturated heterocycles. The molecule has 1 unspecified atom stereocenters. The largest absolute Gasteiger partial charge is 0.249 e. The Balaban J connectivity index is 1.31. The van der Waals surface area contributed by atoms with E-state index in [1.807, 2.05) is 22.7 Å². The molecular weight excluding hydrogens is 416 g/mol. The SMILES string of the molecule is CC(C)c1ncc(C2CCC(CC(C)c3nc(Cl)c(C4CCCCC4)s3)CC2)s1. The fourth-order valence-electron chi connectivity index (χ4n) is 5.20. The second-order valence-corrected chi connectivity index (χ2v) is 12.2. The number of hydrogen-bond acceptors (Lipinski definition) is 4. The van der Waals surface area contributed by atoms with Crippen LogP contribution in [0, 0.1) is 5.92 Å². The van der Waals surface area contributed by atoms with Crippen LogP contribution in [0.2, 0.25) is 5.15 Å². The Bertz CT molecular complexity index is 783. The highest BCUT2D eigenvalue weighted by atomic mass is 35.5. The van der Waals surface area contributed by atoms with E-state index in [2.05, 4.69) is 32.0 Å². The first-order chi connectivity index (χ1) is 14.0. The van der Waals surface area contributed by atoms with Crippen LogP contribution in [-0.4, -0.2) is 9.97 Å². The van der Waals surface area contributed by atoms with Gasteiger partial charge in [0.15, 0.2) is 0 Å². The van der Waals surface area contributed by atoms with Crippen LogP contribution in [0.3, 0.4) is 0 Å². The summed E-state index contributed by atoms with van der Waals surface area (Å²) < 4.78 is 0. The van der Waals surface area contributed by atoms with E-state index < -0.39 is 0 Å². The van der Waals surface area contributed by atoms with E-state index >= 15 is 0 Å². The molecule has 0 radical (unpaired) electrons. The second kappa shape index (κ2) is 9.78. The zero-order valence-electron chi connectivity index (χ0n) is 18.1. The summed E-state index contributed by atoms with van der Waals surface area (Å²) in [7, 11) is 0. The van der Waals surface area contributed by atoms with Gasteiger partial charge in [-0.05, 0) is 62.7 Å². The van der Waals surface area contributed by atoms with Crippen LogP contribution in [0.15, 0.2) is 6.20 Å². The molecule has 2 heterocycles. The lowest BCUT2D eigenvalue weighted by atomic mass is 9.78. The monoisotopic (exact) mass is 450 g/mol. The van der Waals surface area contributed by atoms with Gasteiger partial charge in [0.05, 0.1) is 10.0 Å². The van der Waals surface area contributed by atoms with Gasteiger partial charge in [-0.2, -0.15) is 0 Å². The number of rotatable bonds is 6. The van der Waals surface area contributed by atoms with E-state index in [4.69, 9.17) is 16.6 Å². The lowest BCUT2D eigenvalue weighted by Crippen LogP contribution is -2.14. The van der Waals surface area contributed by atoms with Crippen molar-refractivity contribution < 1.29 is 0 Å². The van der Waals surface area contributed by atoms with Crippen molar-refractivity contribution in [3.05, 3.63) is 31.1 Å². The van der Waals surface area contributed by atoms with Gasteiger partial charge in [-0.25, -0.2) is 9.97 Å². The van der Waals surface area contributed by atoms with Crippen molar-refractivity contribution >= 4 is 34.3 Å². The molecule has 1 atom stereocenters. The molecule has 2 saturated carbocycles. The second-order valence-electron chi connectivity index (χ2n) is 9.65. The zero-order chi connectivity index (χ0) is 20.4. The maximum Gasteiger partial charge on any atom is 0.143 e. The van der Waals surface area contributed by atoms with E-state index in [9.17, 15) is 0 Å². The molecule has 5 heteroatoms. The molecule has 0 bridgehead atoms. The summed E-state index contributed by atoms with van der Waals surface area (Å²) in [6, 6.07) is 0. The van der Waals surface area contributed by atoms with E-state index in [1.165, 1.54) is 84.0 Å². The van der Waals surface area contributed by atoms with Gasteiger partial charge in [0.1, 0.15) is 5.15 Å². The first-order valence-electron chi connectivity index (χ1n) is 11.6. The molecule has 2 fully saturated rings. The summed E-state index contributed by atoms with van der Waals surface area (Å²) in [5.41, 5.74) is 0. The molecule has 0 N–H and O–H groups in total. The lowest BCUT2D eigenvalue weighted by Gasteiger charge is -2.29. The van der Waals surface area contributed by atoms with Gasteiger partial charge in [0.2, 0.25) is 0 Å². The average Bonchev–Trinajstić information content (AvgIpc) is 3.37. The van der Waals surface area contributed by atoms with Gasteiger partial charge < -0.3 is 0 Å². The van der Waals surface area contributed by atoms with Crippen LogP contribution in [0.25, 0.3) is 0 Å². The molecule has 29 heavy (non-hydrogen) atoms. The predicted octanol–water partition coefficient (Wildman–Crippen LogP) is 8.89. The summed E-state index contributed by atoms with van der Waals surface area (Å²) in [6.45, 7) is 6.85. The van der Waals surface area contributed by atoms with Gasteiger partial charge >= 0.3 is 0 Å². The molecule has 2 aliphatic rings. The van der Waals surface area contributed by atoms with Crippen molar-refractivity contribution in [2.45, 2.75) is 109 Å². The molecule has 2 aliphatic carbocycles. The normalized spacial score (nSPS) is 24.9. The number of aromatic nitrogens is 2. The molecule has 0 amide bonds. The molecule has 2 aromatic rings. The summed E-state index contributed by atoms with van der Waals surface area (Å²) >= 11 is 10.4. The summed E-state index contributed by atoms with van der Waals surface area (Å²) in [5.74, 6) is 3.32.